The fourth-order valence-corrected chi connectivity index (χ4v) is 3.40. The Morgan fingerprint density at radius 1 is 1.12 bits per heavy atom. The highest BCUT2D eigenvalue weighted by Crippen LogP contribution is 2.28. The van der Waals surface area contributed by atoms with Crippen LogP contribution in [0.3, 0.4) is 0 Å². The molecule has 0 saturated heterocycles. The molecule has 0 aromatic heterocycles. The van der Waals surface area contributed by atoms with Gasteiger partial charge in [0.2, 0.25) is 5.91 Å². The molecule has 5 heteroatoms. The van der Waals surface area contributed by atoms with Crippen molar-refractivity contribution in [1.82, 2.24) is 5.32 Å². The third-order valence-corrected chi connectivity index (χ3v) is 4.93. The highest BCUT2D eigenvalue weighted by atomic mass is 79.9. The van der Waals surface area contributed by atoms with Crippen LogP contribution in [0.1, 0.15) is 18.5 Å². The molecule has 0 unspecified atom stereocenters. The Labute approximate surface area is 161 Å². The molecule has 3 aromatic rings. The van der Waals surface area contributed by atoms with E-state index in [2.05, 4.69) is 26.6 Å². The van der Waals surface area contributed by atoms with Crippen LogP contribution in [0.5, 0.6) is 5.75 Å². The summed E-state index contributed by atoms with van der Waals surface area (Å²) in [5.41, 5.74) is 1.91. The van der Waals surface area contributed by atoms with E-state index in [-0.39, 0.29) is 18.5 Å². The Hall–Kier alpha value is -2.37. The minimum Gasteiger partial charge on any atom is -0.496 e. The topological polar surface area (TPSA) is 50.4 Å². The number of nitrogens with one attached hydrogen (secondary N) is 2. The molecule has 26 heavy (non-hydrogen) atoms. The average molecular weight is 413 g/mol. The van der Waals surface area contributed by atoms with Crippen molar-refractivity contribution >= 4 is 38.3 Å². The molecule has 0 aliphatic heterocycles. The zero-order valence-corrected chi connectivity index (χ0v) is 16.3. The van der Waals surface area contributed by atoms with Crippen LogP contribution in [-0.2, 0) is 4.79 Å². The Kier molecular flexibility index (Phi) is 5.91. The van der Waals surface area contributed by atoms with E-state index < -0.39 is 0 Å². The summed E-state index contributed by atoms with van der Waals surface area (Å²) in [6.07, 6.45) is 0. The van der Waals surface area contributed by atoms with Crippen molar-refractivity contribution in [2.24, 2.45) is 0 Å². The number of rotatable bonds is 6. The Morgan fingerprint density at radius 2 is 1.88 bits per heavy atom. The van der Waals surface area contributed by atoms with E-state index in [0.717, 1.165) is 32.2 Å². The molecule has 1 atom stereocenters. The monoisotopic (exact) mass is 412 g/mol. The quantitative estimate of drug-likeness (QED) is 0.605. The lowest BCUT2D eigenvalue weighted by molar-refractivity contribution is -0.115. The fraction of sp³-hybridized carbons (Fsp3) is 0.190. The molecule has 0 fully saturated rings. The number of carbonyl (C=O) groups is 1. The molecule has 0 saturated carbocycles. The van der Waals surface area contributed by atoms with Crippen molar-refractivity contribution in [2.75, 3.05) is 19.0 Å². The lowest BCUT2D eigenvalue weighted by Crippen LogP contribution is -2.30. The lowest BCUT2D eigenvalue weighted by atomic mass is 10.1. The SMILES string of the molecule is COc1ccc([C@H](C)NCC(=O)Nc2cccc3ccccc23)cc1Br. The van der Waals surface area contributed by atoms with Crippen LogP contribution >= 0.6 is 15.9 Å². The summed E-state index contributed by atoms with van der Waals surface area (Å²) in [5.74, 6) is 0.718. The van der Waals surface area contributed by atoms with Crippen molar-refractivity contribution in [1.29, 1.82) is 0 Å². The summed E-state index contributed by atoms with van der Waals surface area (Å²) < 4.78 is 6.14. The van der Waals surface area contributed by atoms with E-state index in [0.29, 0.717) is 0 Å². The number of anilines is 1. The molecular formula is C21H21BrN2O2. The second-order valence-corrected chi connectivity index (χ2v) is 6.93. The first-order chi connectivity index (χ1) is 12.6. The van der Waals surface area contributed by atoms with E-state index in [1.165, 1.54) is 0 Å². The molecule has 4 nitrogen and oxygen atoms in total. The van der Waals surface area contributed by atoms with Crippen LogP contribution in [0.25, 0.3) is 10.8 Å². The summed E-state index contributed by atoms with van der Waals surface area (Å²) in [6.45, 7) is 2.26. The first kappa shape index (κ1) is 18.4. The molecule has 1 amide bonds. The first-order valence-electron chi connectivity index (χ1n) is 8.43. The van der Waals surface area contributed by atoms with Crippen molar-refractivity contribution < 1.29 is 9.53 Å². The highest BCUT2D eigenvalue weighted by Gasteiger charge is 2.11. The van der Waals surface area contributed by atoms with Crippen molar-refractivity contribution in [3.63, 3.8) is 0 Å². The van der Waals surface area contributed by atoms with Crippen LogP contribution in [0.15, 0.2) is 65.1 Å². The van der Waals surface area contributed by atoms with E-state index in [4.69, 9.17) is 4.74 Å². The van der Waals surface area contributed by atoms with E-state index in [9.17, 15) is 4.79 Å². The number of benzene rings is 3. The highest BCUT2D eigenvalue weighted by molar-refractivity contribution is 9.10. The molecular weight excluding hydrogens is 392 g/mol. The van der Waals surface area contributed by atoms with Gasteiger partial charge in [0.25, 0.3) is 0 Å². The van der Waals surface area contributed by atoms with Crippen molar-refractivity contribution in [3.8, 4) is 5.75 Å². The summed E-state index contributed by atoms with van der Waals surface area (Å²) in [4.78, 5) is 12.4. The van der Waals surface area contributed by atoms with Gasteiger partial charge in [-0.15, -0.1) is 0 Å². The van der Waals surface area contributed by atoms with E-state index >= 15 is 0 Å². The first-order valence-corrected chi connectivity index (χ1v) is 9.22. The van der Waals surface area contributed by atoms with Gasteiger partial charge in [0.05, 0.1) is 18.1 Å². The summed E-state index contributed by atoms with van der Waals surface area (Å²) in [7, 11) is 1.64. The number of methoxy groups -OCH3 is 1. The van der Waals surface area contributed by atoms with Gasteiger partial charge in [-0.1, -0.05) is 42.5 Å². The van der Waals surface area contributed by atoms with Gasteiger partial charge in [0, 0.05) is 17.1 Å². The van der Waals surface area contributed by atoms with Gasteiger partial charge < -0.3 is 15.4 Å². The van der Waals surface area contributed by atoms with Crippen LogP contribution in [0.4, 0.5) is 5.69 Å². The largest absolute Gasteiger partial charge is 0.496 e. The standard InChI is InChI=1S/C21H21BrN2O2/c1-14(16-10-11-20(26-2)18(22)12-16)23-13-21(25)24-19-9-5-7-15-6-3-4-8-17(15)19/h3-12,14,23H,13H2,1-2H3,(H,24,25)/t14-/m0/s1. The Morgan fingerprint density at radius 3 is 2.65 bits per heavy atom. The molecule has 0 radical (unpaired) electrons. The smallest absolute Gasteiger partial charge is 0.238 e. The summed E-state index contributed by atoms with van der Waals surface area (Å²) >= 11 is 3.49. The van der Waals surface area contributed by atoms with Crippen LogP contribution in [0.2, 0.25) is 0 Å². The van der Waals surface area contributed by atoms with E-state index in [1.807, 2.05) is 67.6 Å². The van der Waals surface area contributed by atoms with Gasteiger partial charge >= 0.3 is 0 Å². The number of hydrogen-bond donors (Lipinski definition) is 2. The van der Waals surface area contributed by atoms with Crippen LogP contribution in [-0.4, -0.2) is 19.6 Å². The number of carbonyl (C=O) groups excluding carboxylic acids is 1. The van der Waals surface area contributed by atoms with Gasteiger partial charge in [-0.2, -0.15) is 0 Å². The predicted molar refractivity (Wildman–Crippen MR) is 110 cm³/mol. The Balaban J connectivity index is 1.62. The minimum atomic E-state index is -0.0687. The van der Waals surface area contributed by atoms with Crippen LogP contribution in [0, 0.1) is 0 Å². The normalized spacial score (nSPS) is 12.0. The zero-order chi connectivity index (χ0) is 18.5. The van der Waals surface area contributed by atoms with Gasteiger partial charge in [0.1, 0.15) is 5.75 Å². The maximum absolute atomic E-state index is 12.4. The second-order valence-electron chi connectivity index (χ2n) is 6.07. The number of halogens is 1. The van der Waals surface area contributed by atoms with Gasteiger partial charge in [-0.05, 0) is 52.0 Å². The zero-order valence-electron chi connectivity index (χ0n) is 14.8. The minimum absolute atomic E-state index is 0.0375. The molecule has 0 spiro atoms. The third kappa shape index (κ3) is 4.23. The average Bonchev–Trinajstić information content (AvgIpc) is 2.66. The molecule has 134 valence electrons. The summed E-state index contributed by atoms with van der Waals surface area (Å²) in [5, 5.41) is 8.39. The fourth-order valence-electron chi connectivity index (χ4n) is 2.84. The van der Waals surface area contributed by atoms with Gasteiger partial charge in [-0.25, -0.2) is 0 Å². The molecule has 0 aliphatic rings. The molecule has 3 rings (SSSR count). The van der Waals surface area contributed by atoms with Gasteiger partial charge in [-0.3, -0.25) is 4.79 Å². The second kappa shape index (κ2) is 8.34. The molecule has 0 aliphatic carbocycles. The van der Waals surface area contributed by atoms with Crippen molar-refractivity contribution in [3.05, 3.63) is 70.7 Å². The summed E-state index contributed by atoms with van der Waals surface area (Å²) in [6, 6.07) is 19.8. The maximum atomic E-state index is 12.4. The maximum Gasteiger partial charge on any atom is 0.238 e. The molecule has 0 heterocycles. The molecule has 0 bridgehead atoms. The molecule has 3 aromatic carbocycles. The predicted octanol–water partition coefficient (Wildman–Crippen LogP) is 4.90. The van der Waals surface area contributed by atoms with Gasteiger partial charge in [0.15, 0.2) is 0 Å². The number of amides is 1. The number of hydrogen-bond acceptors (Lipinski definition) is 3. The Bertz CT molecular complexity index is 922. The lowest BCUT2D eigenvalue weighted by Gasteiger charge is -2.16. The number of fused-ring (bicyclic) bond motifs is 1. The van der Waals surface area contributed by atoms with Crippen LogP contribution < -0.4 is 15.4 Å². The molecule has 2 N–H and O–H groups in total. The van der Waals surface area contributed by atoms with Crippen molar-refractivity contribution in [2.45, 2.75) is 13.0 Å². The number of ether oxygens (including phenoxy) is 1. The van der Waals surface area contributed by atoms with E-state index in [1.54, 1.807) is 7.11 Å². The third-order valence-electron chi connectivity index (χ3n) is 4.31.